The van der Waals surface area contributed by atoms with Crippen molar-refractivity contribution in [3.05, 3.63) is 124 Å². The number of Topliss-reactive ketones (excluding diaryl/α,β-unsaturated/α-hetero) is 1. The number of unbranched alkanes of at least 4 members (excludes halogenated alkanes) is 2. The number of allylic oxidation sites excluding steroid dienone is 5. The van der Waals surface area contributed by atoms with E-state index in [0.717, 1.165) is 100 Å². The molecule has 8 nitrogen and oxygen atoms in total. The lowest BCUT2D eigenvalue weighted by atomic mass is 9.78. The van der Waals surface area contributed by atoms with Crippen LogP contribution in [0.2, 0.25) is 0 Å². The van der Waals surface area contributed by atoms with Gasteiger partial charge in [0, 0.05) is 84.3 Å². The number of nitrogens with zero attached hydrogens (tertiary/aromatic N) is 2. The smallest absolute Gasteiger partial charge is 0.221 e. The SMILES string of the molecule is CCCCC(CC)CN(c1cccc(CC)c1)c1ccc(C2=C([O-])/C(=C3\C=CC(=[N+](CC(CC)CCCC)c4cccc(CC)c4)C=C3NC(C)=O)C2=O)c(NC(C)=O)c1. The molecule has 0 fully saturated rings. The number of rotatable bonds is 20. The largest absolute Gasteiger partial charge is 0.871 e. The molecule has 0 heterocycles. The quantitative estimate of drug-likeness (QED) is 0.0873. The van der Waals surface area contributed by atoms with Crippen LogP contribution in [-0.2, 0) is 27.2 Å². The molecule has 0 radical (unpaired) electrons. The molecule has 0 spiro atoms. The first kappa shape index (κ1) is 45.6. The Balaban J connectivity index is 1.62. The van der Waals surface area contributed by atoms with Crippen molar-refractivity contribution in [1.82, 2.24) is 5.32 Å². The van der Waals surface area contributed by atoms with Crippen molar-refractivity contribution in [3.63, 3.8) is 0 Å². The number of nitrogens with one attached hydrogen (secondary N) is 2. The van der Waals surface area contributed by atoms with Crippen LogP contribution in [0.25, 0.3) is 5.57 Å². The molecule has 2 atom stereocenters. The van der Waals surface area contributed by atoms with Gasteiger partial charge in [-0.15, -0.1) is 0 Å². The lowest BCUT2D eigenvalue weighted by molar-refractivity contribution is -0.448. The van der Waals surface area contributed by atoms with E-state index in [-0.39, 0.29) is 23.0 Å². The molecule has 0 saturated heterocycles. The van der Waals surface area contributed by atoms with Crippen molar-refractivity contribution in [2.45, 2.75) is 120 Å². The monoisotopic (exact) mass is 811 g/mol. The summed E-state index contributed by atoms with van der Waals surface area (Å²) in [6.07, 6.45) is 16.3. The standard InChI is InChI=1S/C52H66N4O4/c1-9-15-19-39(13-5)33-55(41-23-17-21-37(11-3)29-41)43-25-27-45(47(31-43)53-35(7)57)49-51(59)50(52(49)60)46-28-26-44(32-48(46)54-36(8)58)56(34-40(14-6)20-16-10-2)42-24-18-22-38(12-4)30-42/h17-18,21-32,39-40H,9-16,19-20,33-34H2,1-8H3,(H2,53,54,57,58,59,60). The van der Waals surface area contributed by atoms with Gasteiger partial charge in [0.15, 0.2) is 12.3 Å². The van der Waals surface area contributed by atoms with Gasteiger partial charge in [-0.3, -0.25) is 14.4 Å². The highest BCUT2D eigenvalue weighted by molar-refractivity contribution is 6.40. The highest BCUT2D eigenvalue weighted by Gasteiger charge is 2.35. The average Bonchev–Trinajstić information content (AvgIpc) is 3.25. The maximum atomic E-state index is 14.3. The van der Waals surface area contributed by atoms with Gasteiger partial charge in [0.25, 0.3) is 0 Å². The molecule has 0 aliphatic heterocycles. The number of hydrogen-bond acceptors (Lipinski definition) is 5. The van der Waals surface area contributed by atoms with E-state index in [9.17, 15) is 19.5 Å². The van der Waals surface area contributed by atoms with Crippen LogP contribution in [-0.4, -0.2) is 41.0 Å². The molecule has 0 saturated carbocycles. The minimum Gasteiger partial charge on any atom is -0.871 e. The van der Waals surface area contributed by atoms with Gasteiger partial charge in [-0.25, -0.2) is 0 Å². The molecule has 60 heavy (non-hydrogen) atoms. The second-order valence-corrected chi connectivity index (χ2v) is 16.3. The van der Waals surface area contributed by atoms with Crippen molar-refractivity contribution in [2.75, 3.05) is 23.3 Å². The van der Waals surface area contributed by atoms with Crippen LogP contribution in [0, 0.1) is 11.8 Å². The molecule has 0 bridgehead atoms. The van der Waals surface area contributed by atoms with Gasteiger partial charge in [0.05, 0.1) is 11.4 Å². The van der Waals surface area contributed by atoms with Crippen LogP contribution in [0.3, 0.4) is 0 Å². The molecule has 2 unspecified atom stereocenters. The summed E-state index contributed by atoms with van der Waals surface area (Å²) in [5.74, 6) is -0.544. The molecular formula is C52H66N4O4. The summed E-state index contributed by atoms with van der Waals surface area (Å²) in [5.41, 5.74) is 7.92. The summed E-state index contributed by atoms with van der Waals surface area (Å²) >= 11 is 0. The fraction of sp³-hybridized carbons (Fsp3) is 0.423. The first-order chi connectivity index (χ1) is 29.0. The Labute approximate surface area is 358 Å². The van der Waals surface area contributed by atoms with E-state index < -0.39 is 11.5 Å². The number of carbonyl (C=O) groups excluding carboxylic acids is 3. The van der Waals surface area contributed by atoms with Gasteiger partial charge in [-0.05, 0) is 79.5 Å². The topological polar surface area (TPSA) is 105 Å². The van der Waals surface area contributed by atoms with E-state index in [1.807, 2.05) is 24.3 Å². The van der Waals surface area contributed by atoms with Crippen LogP contribution in [0.15, 0.2) is 108 Å². The molecule has 5 rings (SSSR count). The van der Waals surface area contributed by atoms with Gasteiger partial charge in [0.1, 0.15) is 0 Å². The van der Waals surface area contributed by atoms with Crippen molar-refractivity contribution in [3.8, 4) is 0 Å². The van der Waals surface area contributed by atoms with E-state index in [2.05, 4.69) is 110 Å². The Hall–Kier alpha value is -5.50. The molecule has 8 heteroatoms. The molecule has 3 aromatic rings. The highest BCUT2D eigenvalue weighted by Crippen LogP contribution is 2.43. The molecule has 0 aromatic heterocycles. The molecule has 2 amide bonds. The van der Waals surface area contributed by atoms with Crippen LogP contribution in [0.5, 0.6) is 0 Å². The first-order valence-electron chi connectivity index (χ1n) is 22.4. The third-order valence-corrected chi connectivity index (χ3v) is 11.9. The van der Waals surface area contributed by atoms with Crippen molar-refractivity contribution >= 4 is 51.6 Å². The Morgan fingerprint density at radius 3 is 1.98 bits per heavy atom. The normalized spacial score (nSPS) is 16.9. The highest BCUT2D eigenvalue weighted by atomic mass is 16.3. The number of hydrogen-bond donors (Lipinski definition) is 2. The van der Waals surface area contributed by atoms with Gasteiger partial charge in [-0.2, -0.15) is 4.58 Å². The minimum atomic E-state index is -0.421. The second kappa shape index (κ2) is 21.7. The van der Waals surface area contributed by atoms with Crippen LogP contribution < -0.4 is 20.6 Å². The summed E-state index contributed by atoms with van der Waals surface area (Å²) in [5, 5.41) is 20.2. The van der Waals surface area contributed by atoms with Crippen LogP contribution in [0.1, 0.15) is 123 Å². The predicted octanol–water partition coefficient (Wildman–Crippen LogP) is 10.7. The lowest BCUT2D eigenvalue weighted by Crippen LogP contribution is -2.34. The second-order valence-electron chi connectivity index (χ2n) is 16.3. The summed E-state index contributed by atoms with van der Waals surface area (Å²) in [6, 6.07) is 22.7. The van der Waals surface area contributed by atoms with Crippen molar-refractivity contribution in [1.29, 1.82) is 0 Å². The third kappa shape index (κ3) is 11.0. The zero-order chi connectivity index (χ0) is 43.3. The molecule has 3 aromatic carbocycles. The molecule has 318 valence electrons. The zero-order valence-electron chi connectivity index (χ0n) is 37.3. The summed E-state index contributed by atoms with van der Waals surface area (Å²) in [4.78, 5) is 41.9. The maximum absolute atomic E-state index is 14.3. The molecular weight excluding hydrogens is 745 g/mol. The zero-order valence-corrected chi connectivity index (χ0v) is 37.3. The summed E-state index contributed by atoms with van der Waals surface area (Å²) in [7, 11) is 0. The van der Waals surface area contributed by atoms with E-state index in [1.165, 1.54) is 25.0 Å². The van der Waals surface area contributed by atoms with Crippen LogP contribution >= 0.6 is 0 Å². The van der Waals surface area contributed by atoms with E-state index >= 15 is 0 Å². The number of ketones is 1. The number of benzene rings is 3. The fourth-order valence-electron chi connectivity index (χ4n) is 8.26. The number of aryl methyl sites for hydroxylation is 2. The van der Waals surface area contributed by atoms with Crippen LogP contribution in [0.4, 0.5) is 22.7 Å². The Morgan fingerprint density at radius 1 is 0.733 bits per heavy atom. The predicted molar refractivity (Wildman–Crippen MR) is 246 cm³/mol. The van der Waals surface area contributed by atoms with Gasteiger partial charge >= 0.3 is 0 Å². The van der Waals surface area contributed by atoms with Crippen molar-refractivity contribution < 1.29 is 24.1 Å². The van der Waals surface area contributed by atoms with Crippen molar-refractivity contribution in [2.24, 2.45) is 11.8 Å². The Morgan fingerprint density at radius 2 is 1.37 bits per heavy atom. The number of amides is 2. The van der Waals surface area contributed by atoms with E-state index in [4.69, 9.17) is 0 Å². The third-order valence-electron chi connectivity index (χ3n) is 11.9. The lowest BCUT2D eigenvalue weighted by Gasteiger charge is -2.35. The van der Waals surface area contributed by atoms with Gasteiger partial charge in [0.2, 0.25) is 23.2 Å². The summed E-state index contributed by atoms with van der Waals surface area (Å²) in [6.45, 7) is 17.6. The summed E-state index contributed by atoms with van der Waals surface area (Å²) < 4.78 is 2.29. The van der Waals surface area contributed by atoms with E-state index in [0.29, 0.717) is 34.4 Å². The first-order valence-corrected chi connectivity index (χ1v) is 22.4. The minimum absolute atomic E-state index is 0.0202. The molecule has 2 aliphatic rings. The fourth-order valence-corrected chi connectivity index (χ4v) is 8.26. The molecule has 2 aliphatic carbocycles. The maximum Gasteiger partial charge on any atom is 0.221 e. The Bertz CT molecular complexity index is 2210. The van der Waals surface area contributed by atoms with Gasteiger partial charge in [-0.1, -0.05) is 110 Å². The van der Waals surface area contributed by atoms with Gasteiger partial charge < -0.3 is 20.6 Å². The number of carbonyl (C=O) groups is 3. The van der Waals surface area contributed by atoms with E-state index in [1.54, 1.807) is 12.1 Å². The molecule has 2 N–H and O–H groups in total. The average molecular weight is 811 g/mol. The number of anilines is 3. The Kier molecular flexibility index (Phi) is 16.5.